The van der Waals surface area contributed by atoms with Crippen LogP contribution in [0.2, 0.25) is 0 Å². The number of nitrogens with two attached hydrogens (primary N) is 1. The summed E-state index contributed by atoms with van der Waals surface area (Å²) in [5, 5.41) is 18.4. The highest BCUT2D eigenvalue weighted by Gasteiger charge is 2.18. The molecule has 1 unspecified atom stereocenters. The Morgan fingerprint density at radius 1 is 1.67 bits per heavy atom. The number of nitrogens with zero attached hydrogens (tertiary/aromatic N) is 3. The summed E-state index contributed by atoms with van der Waals surface area (Å²) in [6, 6.07) is 0. The molecule has 21 heavy (non-hydrogen) atoms. The fraction of sp³-hybridized carbons (Fsp3) is 0.615. The highest BCUT2D eigenvalue weighted by atomic mass is 16.5. The van der Waals surface area contributed by atoms with E-state index in [1.54, 1.807) is 7.05 Å². The van der Waals surface area contributed by atoms with Gasteiger partial charge in [0.05, 0.1) is 17.9 Å². The molecule has 2 heterocycles. The Morgan fingerprint density at radius 2 is 2.48 bits per heavy atom. The lowest BCUT2D eigenvalue weighted by atomic mass is 10.0. The molecule has 0 saturated carbocycles. The van der Waals surface area contributed by atoms with Crippen LogP contribution in [0.1, 0.15) is 37.7 Å². The van der Waals surface area contributed by atoms with Gasteiger partial charge in [-0.2, -0.15) is 5.10 Å². The maximum absolute atomic E-state index is 12.0. The van der Waals surface area contributed by atoms with Gasteiger partial charge in [-0.05, 0) is 25.7 Å². The Kier molecular flexibility index (Phi) is 5.15. The molecule has 1 aliphatic heterocycles. The van der Waals surface area contributed by atoms with Crippen molar-refractivity contribution in [1.82, 2.24) is 9.78 Å². The standard InChI is InChI=1S/C13H21N5O3/c1-18-13(10(8-15-18)12(14)17-20)16-11(19)6-5-9-4-2-3-7-21-9/h8-9,20H,2-7H2,1H3,(H2,14,17)(H,16,19). The van der Waals surface area contributed by atoms with Crippen LogP contribution in [0.4, 0.5) is 5.82 Å². The first-order chi connectivity index (χ1) is 10.1. The number of oxime groups is 1. The van der Waals surface area contributed by atoms with Crippen molar-refractivity contribution in [1.29, 1.82) is 0 Å². The lowest BCUT2D eigenvalue weighted by Gasteiger charge is -2.22. The SMILES string of the molecule is Cn1ncc(C(N)=NO)c1NC(=O)CCC1CCCCO1. The fourth-order valence-electron chi connectivity index (χ4n) is 2.35. The molecule has 0 spiro atoms. The second-order valence-corrected chi connectivity index (χ2v) is 5.09. The van der Waals surface area contributed by atoms with Crippen molar-refractivity contribution in [3.63, 3.8) is 0 Å². The lowest BCUT2D eigenvalue weighted by Crippen LogP contribution is -2.23. The number of carbonyl (C=O) groups excluding carboxylic acids is 1. The number of anilines is 1. The van der Waals surface area contributed by atoms with Gasteiger partial charge in [0.25, 0.3) is 0 Å². The van der Waals surface area contributed by atoms with Crippen LogP contribution in [0.25, 0.3) is 0 Å². The van der Waals surface area contributed by atoms with Crippen LogP contribution in [0, 0.1) is 0 Å². The van der Waals surface area contributed by atoms with Gasteiger partial charge in [0.15, 0.2) is 5.84 Å². The molecule has 1 fully saturated rings. The smallest absolute Gasteiger partial charge is 0.225 e. The van der Waals surface area contributed by atoms with Crippen LogP contribution in [0.15, 0.2) is 11.4 Å². The Bertz CT molecular complexity index is 520. The molecule has 1 amide bonds. The molecule has 2 rings (SSSR count). The van der Waals surface area contributed by atoms with Crippen LogP contribution >= 0.6 is 0 Å². The second kappa shape index (κ2) is 7.07. The van der Waals surface area contributed by atoms with E-state index < -0.39 is 0 Å². The quantitative estimate of drug-likeness (QED) is 0.322. The maximum Gasteiger partial charge on any atom is 0.225 e. The van der Waals surface area contributed by atoms with Crippen LogP contribution in [0.5, 0.6) is 0 Å². The van der Waals surface area contributed by atoms with Crippen LogP contribution in [-0.2, 0) is 16.6 Å². The zero-order valence-corrected chi connectivity index (χ0v) is 12.1. The molecule has 4 N–H and O–H groups in total. The van der Waals surface area contributed by atoms with Crippen molar-refractivity contribution in [3.05, 3.63) is 11.8 Å². The fourth-order valence-corrected chi connectivity index (χ4v) is 2.35. The van der Waals surface area contributed by atoms with Gasteiger partial charge in [-0.3, -0.25) is 9.48 Å². The molecule has 116 valence electrons. The zero-order chi connectivity index (χ0) is 15.2. The van der Waals surface area contributed by atoms with Crippen molar-refractivity contribution in [2.75, 3.05) is 11.9 Å². The predicted molar refractivity (Wildman–Crippen MR) is 77.2 cm³/mol. The first-order valence-corrected chi connectivity index (χ1v) is 7.03. The second-order valence-electron chi connectivity index (χ2n) is 5.09. The van der Waals surface area contributed by atoms with Gasteiger partial charge in [0, 0.05) is 20.1 Å². The van der Waals surface area contributed by atoms with Gasteiger partial charge in [-0.1, -0.05) is 5.16 Å². The zero-order valence-electron chi connectivity index (χ0n) is 12.1. The van der Waals surface area contributed by atoms with Crippen molar-refractivity contribution in [2.45, 2.75) is 38.2 Å². The van der Waals surface area contributed by atoms with Crippen molar-refractivity contribution in [3.8, 4) is 0 Å². The van der Waals surface area contributed by atoms with E-state index >= 15 is 0 Å². The molecule has 8 nitrogen and oxygen atoms in total. The van der Waals surface area contributed by atoms with Gasteiger partial charge < -0.3 is 21.0 Å². The van der Waals surface area contributed by atoms with Gasteiger partial charge in [0.2, 0.25) is 5.91 Å². The minimum absolute atomic E-state index is 0.0889. The number of amidine groups is 1. The van der Waals surface area contributed by atoms with Gasteiger partial charge in [0.1, 0.15) is 5.82 Å². The molecule has 8 heteroatoms. The van der Waals surface area contributed by atoms with E-state index in [2.05, 4.69) is 15.6 Å². The van der Waals surface area contributed by atoms with Gasteiger partial charge in [-0.25, -0.2) is 0 Å². The summed E-state index contributed by atoms with van der Waals surface area (Å²) in [4.78, 5) is 12.0. The summed E-state index contributed by atoms with van der Waals surface area (Å²) in [6.07, 6.45) is 5.93. The highest BCUT2D eigenvalue weighted by Crippen LogP contribution is 2.18. The van der Waals surface area contributed by atoms with Crippen LogP contribution in [-0.4, -0.2) is 39.4 Å². The summed E-state index contributed by atoms with van der Waals surface area (Å²) in [7, 11) is 1.67. The molecule has 1 aromatic heterocycles. The molecule has 1 aromatic rings. The predicted octanol–water partition coefficient (Wildman–Crippen LogP) is 0.802. The molecule has 0 radical (unpaired) electrons. The Balaban J connectivity index is 1.91. The van der Waals surface area contributed by atoms with Crippen LogP contribution < -0.4 is 11.1 Å². The monoisotopic (exact) mass is 295 g/mol. The molecule has 0 aromatic carbocycles. The number of ether oxygens (including phenoxy) is 1. The summed E-state index contributed by atoms with van der Waals surface area (Å²) < 4.78 is 7.07. The van der Waals surface area contributed by atoms with E-state index in [9.17, 15) is 4.79 Å². The van der Waals surface area contributed by atoms with Crippen molar-refractivity contribution in [2.24, 2.45) is 17.9 Å². The molecular weight excluding hydrogens is 274 g/mol. The number of aromatic nitrogens is 2. The number of carbonyl (C=O) groups is 1. The van der Waals surface area contributed by atoms with E-state index in [1.165, 1.54) is 10.9 Å². The third-order valence-corrected chi connectivity index (χ3v) is 3.55. The summed E-state index contributed by atoms with van der Waals surface area (Å²) in [5.74, 6) is 0.189. The first kappa shape index (κ1) is 15.3. The first-order valence-electron chi connectivity index (χ1n) is 7.03. The molecule has 1 atom stereocenters. The van der Waals surface area contributed by atoms with Gasteiger partial charge >= 0.3 is 0 Å². The van der Waals surface area contributed by atoms with E-state index in [-0.39, 0.29) is 17.8 Å². The number of aryl methyl sites for hydroxylation is 1. The number of nitrogens with one attached hydrogen (secondary N) is 1. The summed E-state index contributed by atoms with van der Waals surface area (Å²) in [5.41, 5.74) is 5.94. The molecule has 1 aliphatic rings. The largest absolute Gasteiger partial charge is 0.409 e. The lowest BCUT2D eigenvalue weighted by molar-refractivity contribution is -0.117. The number of hydrogen-bond acceptors (Lipinski definition) is 5. The Labute approximate surface area is 122 Å². The summed E-state index contributed by atoms with van der Waals surface area (Å²) in [6.45, 7) is 0.779. The average Bonchev–Trinajstić information content (AvgIpc) is 2.86. The Hall–Kier alpha value is -2.09. The van der Waals surface area contributed by atoms with E-state index in [0.717, 1.165) is 25.9 Å². The number of amides is 1. The topological polar surface area (TPSA) is 115 Å². The third-order valence-electron chi connectivity index (χ3n) is 3.55. The Morgan fingerprint density at radius 3 is 3.14 bits per heavy atom. The minimum Gasteiger partial charge on any atom is -0.409 e. The highest BCUT2D eigenvalue weighted by molar-refractivity contribution is 6.04. The normalized spacial score (nSPS) is 19.5. The number of hydrogen-bond donors (Lipinski definition) is 3. The maximum atomic E-state index is 12.0. The number of rotatable bonds is 5. The third kappa shape index (κ3) is 3.94. The van der Waals surface area contributed by atoms with Crippen LogP contribution in [0.3, 0.4) is 0 Å². The molecular formula is C13H21N5O3. The van der Waals surface area contributed by atoms with E-state index in [4.69, 9.17) is 15.7 Å². The van der Waals surface area contributed by atoms with Gasteiger partial charge in [-0.15, -0.1) is 0 Å². The molecule has 1 saturated heterocycles. The van der Waals surface area contributed by atoms with E-state index in [0.29, 0.717) is 24.2 Å². The van der Waals surface area contributed by atoms with Crippen molar-refractivity contribution >= 4 is 17.6 Å². The molecule has 0 bridgehead atoms. The van der Waals surface area contributed by atoms with E-state index in [1.807, 2.05) is 0 Å². The summed E-state index contributed by atoms with van der Waals surface area (Å²) >= 11 is 0. The van der Waals surface area contributed by atoms with Crippen molar-refractivity contribution < 1.29 is 14.7 Å². The molecule has 0 aliphatic carbocycles. The average molecular weight is 295 g/mol. The minimum atomic E-state index is -0.139.